The summed E-state index contributed by atoms with van der Waals surface area (Å²) in [5, 5.41) is 4.15. The second-order valence-electron chi connectivity index (χ2n) is 5.17. The van der Waals surface area contributed by atoms with Crippen LogP contribution in [0.4, 0.5) is 4.79 Å². The van der Waals surface area contributed by atoms with Gasteiger partial charge in [0.2, 0.25) is 0 Å². The largest absolute Gasteiger partial charge is 0.338 e. The summed E-state index contributed by atoms with van der Waals surface area (Å²) in [5.74, 6) is 0. The van der Waals surface area contributed by atoms with Crippen molar-refractivity contribution in [2.75, 3.05) is 19.6 Å². The second kappa shape index (κ2) is 5.90. The van der Waals surface area contributed by atoms with Gasteiger partial charge in [0.15, 0.2) is 0 Å². The molecule has 4 heteroatoms. The second-order valence-corrected chi connectivity index (χ2v) is 5.17. The highest BCUT2D eigenvalue weighted by molar-refractivity contribution is 5.81. The summed E-state index contributed by atoms with van der Waals surface area (Å²) >= 11 is 0. The number of carbonyl (C=O) groups is 1. The van der Waals surface area contributed by atoms with E-state index in [4.69, 9.17) is 0 Å². The maximum atomic E-state index is 11.9. The van der Waals surface area contributed by atoms with Crippen molar-refractivity contribution in [2.45, 2.75) is 19.3 Å². The Morgan fingerprint density at radius 1 is 1.20 bits per heavy atom. The average molecular weight is 269 g/mol. The fourth-order valence-corrected chi connectivity index (χ4v) is 2.71. The third-order valence-corrected chi connectivity index (χ3v) is 3.78. The van der Waals surface area contributed by atoms with E-state index in [-0.39, 0.29) is 6.03 Å². The first-order valence-electron chi connectivity index (χ1n) is 7.20. The molecule has 1 fully saturated rings. The highest BCUT2D eigenvalue weighted by Crippen LogP contribution is 2.16. The third kappa shape index (κ3) is 2.74. The number of carbonyl (C=O) groups excluding carboxylic acids is 1. The zero-order valence-electron chi connectivity index (χ0n) is 11.5. The Bertz CT molecular complexity index is 600. The zero-order valence-corrected chi connectivity index (χ0v) is 11.5. The van der Waals surface area contributed by atoms with Crippen LogP contribution in [0.25, 0.3) is 10.9 Å². The van der Waals surface area contributed by atoms with Crippen LogP contribution in [-0.2, 0) is 6.42 Å². The molecule has 4 nitrogen and oxygen atoms in total. The Kier molecular flexibility index (Phi) is 3.81. The molecule has 0 atom stereocenters. The van der Waals surface area contributed by atoms with Crippen molar-refractivity contribution < 1.29 is 4.79 Å². The van der Waals surface area contributed by atoms with Crippen LogP contribution in [0.1, 0.15) is 18.4 Å². The summed E-state index contributed by atoms with van der Waals surface area (Å²) in [6.07, 6.45) is 4.88. The molecular weight excluding hydrogens is 250 g/mol. The van der Waals surface area contributed by atoms with E-state index < -0.39 is 0 Å². The van der Waals surface area contributed by atoms with Gasteiger partial charge >= 0.3 is 6.03 Å². The smallest absolute Gasteiger partial charge is 0.317 e. The molecule has 0 radical (unpaired) electrons. The molecule has 1 N–H and O–H groups in total. The molecule has 3 rings (SSSR count). The van der Waals surface area contributed by atoms with Crippen LogP contribution >= 0.6 is 0 Å². The van der Waals surface area contributed by atoms with Crippen molar-refractivity contribution in [2.24, 2.45) is 0 Å². The Morgan fingerprint density at radius 2 is 2.00 bits per heavy atom. The van der Waals surface area contributed by atoms with E-state index in [1.165, 1.54) is 5.56 Å². The third-order valence-electron chi connectivity index (χ3n) is 3.78. The standard InChI is InChI=1S/C16H19N3O/c20-16(19-11-1-2-12-19)18-10-8-14-6-3-5-13-7-4-9-17-15(13)14/h3-7,9H,1-2,8,10-12H2,(H,18,20). The number of aromatic nitrogens is 1. The van der Waals surface area contributed by atoms with Crippen molar-refractivity contribution in [3.63, 3.8) is 0 Å². The lowest BCUT2D eigenvalue weighted by atomic mass is 10.1. The first-order valence-corrected chi connectivity index (χ1v) is 7.20. The molecule has 0 bridgehead atoms. The van der Waals surface area contributed by atoms with Gasteiger partial charge in [0.05, 0.1) is 5.52 Å². The number of nitrogens with zero attached hydrogens (tertiary/aromatic N) is 2. The SMILES string of the molecule is O=C(NCCc1cccc2cccnc12)N1CCCC1. The number of rotatable bonds is 3. The molecule has 0 unspecified atom stereocenters. The molecule has 20 heavy (non-hydrogen) atoms. The fraction of sp³-hybridized carbons (Fsp3) is 0.375. The Labute approximate surface area is 118 Å². The van der Waals surface area contributed by atoms with Crippen LogP contribution in [0.2, 0.25) is 0 Å². The predicted octanol–water partition coefficient (Wildman–Crippen LogP) is 2.58. The molecular formula is C16H19N3O. The summed E-state index contributed by atoms with van der Waals surface area (Å²) in [6.45, 7) is 2.44. The molecule has 1 saturated heterocycles. The van der Waals surface area contributed by atoms with Gasteiger partial charge in [0.1, 0.15) is 0 Å². The number of pyridine rings is 1. The monoisotopic (exact) mass is 269 g/mol. The maximum Gasteiger partial charge on any atom is 0.317 e. The number of amides is 2. The predicted molar refractivity (Wildman–Crippen MR) is 79.7 cm³/mol. The number of likely N-dealkylation sites (tertiary alicyclic amines) is 1. The summed E-state index contributed by atoms with van der Waals surface area (Å²) in [4.78, 5) is 18.2. The van der Waals surface area contributed by atoms with Gasteiger partial charge in [-0.2, -0.15) is 0 Å². The van der Waals surface area contributed by atoms with E-state index in [9.17, 15) is 4.79 Å². The summed E-state index contributed by atoms with van der Waals surface area (Å²) < 4.78 is 0. The molecule has 1 aliphatic rings. The Balaban J connectivity index is 1.61. The lowest BCUT2D eigenvalue weighted by molar-refractivity contribution is 0.209. The highest BCUT2D eigenvalue weighted by atomic mass is 16.2. The molecule has 1 aliphatic heterocycles. The van der Waals surface area contributed by atoms with E-state index in [1.54, 1.807) is 0 Å². The van der Waals surface area contributed by atoms with Gasteiger partial charge < -0.3 is 10.2 Å². The maximum absolute atomic E-state index is 11.9. The molecule has 2 heterocycles. The van der Waals surface area contributed by atoms with Gasteiger partial charge in [-0.05, 0) is 30.9 Å². The summed E-state index contributed by atoms with van der Waals surface area (Å²) in [6, 6.07) is 10.3. The van der Waals surface area contributed by atoms with Crippen molar-refractivity contribution in [3.05, 3.63) is 42.1 Å². The number of urea groups is 1. The molecule has 104 valence electrons. The number of hydrogen-bond donors (Lipinski definition) is 1. The zero-order chi connectivity index (χ0) is 13.8. The minimum Gasteiger partial charge on any atom is -0.338 e. The van der Waals surface area contributed by atoms with Crippen LogP contribution in [0, 0.1) is 0 Å². The molecule has 0 saturated carbocycles. The van der Waals surface area contributed by atoms with Crippen LogP contribution in [0.15, 0.2) is 36.5 Å². The van der Waals surface area contributed by atoms with Gasteiger partial charge in [-0.1, -0.05) is 24.3 Å². The van der Waals surface area contributed by atoms with Gasteiger partial charge in [0.25, 0.3) is 0 Å². The van der Waals surface area contributed by atoms with Crippen molar-refractivity contribution in [1.29, 1.82) is 0 Å². The Hall–Kier alpha value is -2.10. The van der Waals surface area contributed by atoms with Crippen LogP contribution in [-0.4, -0.2) is 35.5 Å². The van der Waals surface area contributed by atoms with Crippen LogP contribution < -0.4 is 5.32 Å². The first kappa shape index (κ1) is 12.9. The normalized spacial score (nSPS) is 14.7. The van der Waals surface area contributed by atoms with Crippen LogP contribution in [0.3, 0.4) is 0 Å². The number of para-hydroxylation sites is 1. The molecule has 0 spiro atoms. The van der Waals surface area contributed by atoms with Crippen molar-refractivity contribution in [3.8, 4) is 0 Å². The Morgan fingerprint density at radius 3 is 2.85 bits per heavy atom. The number of fused-ring (bicyclic) bond motifs is 1. The molecule has 2 aromatic rings. The number of hydrogen-bond acceptors (Lipinski definition) is 2. The number of benzene rings is 1. The van der Waals surface area contributed by atoms with E-state index in [0.717, 1.165) is 43.3 Å². The highest BCUT2D eigenvalue weighted by Gasteiger charge is 2.16. The van der Waals surface area contributed by atoms with Crippen LogP contribution in [0.5, 0.6) is 0 Å². The number of nitrogens with one attached hydrogen (secondary N) is 1. The molecule has 1 aromatic heterocycles. The first-order chi connectivity index (χ1) is 9.84. The van der Waals surface area contributed by atoms with Gasteiger partial charge in [0, 0.05) is 31.2 Å². The lowest BCUT2D eigenvalue weighted by Gasteiger charge is -2.16. The topological polar surface area (TPSA) is 45.2 Å². The summed E-state index contributed by atoms with van der Waals surface area (Å²) in [7, 11) is 0. The molecule has 0 aliphatic carbocycles. The minimum atomic E-state index is 0.0655. The van der Waals surface area contributed by atoms with Gasteiger partial charge in [-0.3, -0.25) is 4.98 Å². The van der Waals surface area contributed by atoms with E-state index in [2.05, 4.69) is 28.5 Å². The van der Waals surface area contributed by atoms with Crippen molar-refractivity contribution >= 4 is 16.9 Å². The van der Waals surface area contributed by atoms with Crippen molar-refractivity contribution in [1.82, 2.24) is 15.2 Å². The molecule has 1 aromatic carbocycles. The average Bonchev–Trinajstić information content (AvgIpc) is 3.02. The molecule has 2 amide bonds. The van der Waals surface area contributed by atoms with Gasteiger partial charge in [-0.25, -0.2) is 4.79 Å². The van der Waals surface area contributed by atoms with Gasteiger partial charge in [-0.15, -0.1) is 0 Å². The van der Waals surface area contributed by atoms with E-state index in [1.807, 2.05) is 23.2 Å². The quantitative estimate of drug-likeness (QED) is 0.931. The van der Waals surface area contributed by atoms with E-state index in [0.29, 0.717) is 6.54 Å². The lowest BCUT2D eigenvalue weighted by Crippen LogP contribution is -2.38. The minimum absolute atomic E-state index is 0.0655. The van der Waals surface area contributed by atoms with E-state index >= 15 is 0 Å². The fourth-order valence-electron chi connectivity index (χ4n) is 2.71. The summed E-state index contributed by atoms with van der Waals surface area (Å²) in [5.41, 5.74) is 2.22.